The first-order valence-electron chi connectivity index (χ1n) is 27.5. The van der Waals surface area contributed by atoms with Crippen molar-refractivity contribution in [2.75, 3.05) is 53.7 Å². The van der Waals surface area contributed by atoms with Crippen molar-refractivity contribution >= 4 is 58.3 Å². The van der Waals surface area contributed by atoms with Gasteiger partial charge in [-0.15, -0.1) is 0 Å². The molecule has 1 aliphatic rings. The third kappa shape index (κ3) is 19.7. The molecule has 5 amide bonds. The standard InChI is InChI=1S/C59H82N8O12/c1-9-51(69)49(22-15-29-62-57(60)74)64-56(73)47(39(2)3)36-42(68)27-32-77-34-33-76-31-16-23-52(70)50(24-25-54(72)79-59(4,5)6)63-53(71)26-30-67-41(35-40-17-14-28-61-55(40)67)37-65(7)66(8)58(75)78-38-48-45-20-12-10-18-43(45)44-19-11-13-21-46(44)48/h10-14,17-21,28,35,39,47-50H,9,15-16,22-27,29-34,36-38H2,1-8H3,(H,63,71)(H,64,73)(H3,60,62,74)/t47-,49-,50-/m0/s1. The Morgan fingerprint density at radius 3 is 2.08 bits per heavy atom. The molecular weight excluding hydrogens is 1010 g/mol. The number of rotatable bonds is 34. The molecule has 1 aliphatic carbocycles. The van der Waals surface area contributed by atoms with Crippen LogP contribution >= 0.6 is 0 Å². The number of urea groups is 1. The van der Waals surface area contributed by atoms with Crippen molar-refractivity contribution in [3.63, 3.8) is 0 Å². The highest BCUT2D eigenvalue weighted by Gasteiger charge is 2.32. The van der Waals surface area contributed by atoms with Crippen LogP contribution in [0.2, 0.25) is 0 Å². The summed E-state index contributed by atoms with van der Waals surface area (Å²) in [6, 6.07) is 19.7. The molecule has 0 spiro atoms. The van der Waals surface area contributed by atoms with Gasteiger partial charge in [-0.1, -0.05) is 69.3 Å². The second kappa shape index (κ2) is 30.9. The van der Waals surface area contributed by atoms with Crippen molar-refractivity contribution < 1.29 is 57.3 Å². The molecule has 2 aromatic carbocycles. The summed E-state index contributed by atoms with van der Waals surface area (Å²) in [6.45, 7) is 12.3. The van der Waals surface area contributed by atoms with Gasteiger partial charge >= 0.3 is 18.1 Å². The van der Waals surface area contributed by atoms with Crippen LogP contribution < -0.4 is 21.7 Å². The molecule has 2 aromatic heterocycles. The van der Waals surface area contributed by atoms with Crippen LogP contribution in [0.3, 0.4) is 0 Å². The largest absolute Gasteiger partial charge is 0.460 e. The molecule has 4 aromatic rings. The van der Waals surface area contributed by atoms with Crippen molar-refractivity contribution in [1.82, 2.24) is 35.5 Å². The minimum Gasteiger partial charge on any atom is -0.460 e. The van der Waals surface area contributed by atoms with E-state index < -0.39 is 47.6 Å². The molecule has 0 aliphatic heterocycles. The number of nitrogens with one attached hydrogen (secondary N) is 3. The molecule has 2 heterocycles. The van der Waals surface area contributed by atoms with Crippen LogP contribution in [-0.4, -0.2) is 138 Å². The fourth-order valence-corrected chi connectivity index (χ4v) is 9.50. The molecule has 430 valence electrons. The van der Waals surface area contributed by atoms with Crippen LogP contribution in [0.15, 0.2) is 72.9 Å². The molecule has 20 heteroatoms. The van der Waals surface area contributed by atoms with E-state index in [1.54, 1.807) is 53.0 Å². The van der Waals surface area contributed by atoms with Gasteiger partial charge in [-0.05, 0) is 92.8 Å². The summed E-state index contributed by atoms with van der Waals surface area (Å²) in [6.07, 6.45) is 2.55. The monoisotopic (exact) mass is 1090 g/mol. The van der Waals surface area contributed by atoms with Crippen LogP contribution in [0, 0.1) is 11.8 Å². The Balaban J connectivity index is 1.07. The Hall–Kier alpha value is -7.03. The fraction of sp³-hybridized carbons (Fsp3) is 0.542. The maximum absolute atomic E-state index is 13.7. The first kappa shape index (κ1) is 62.8. The molecule has 5 rings (SSSR count). The molecule has 0 saturated carbocycles. The van der Waals surface area contributed by atoms with Gasteiger partial charge in [0.05, 0.1) is 38.4 Å². The highest BCUT2D eigenvalue weighted by atomic mass is 16.6. The van der Waals surface area contributed by atoms with E-state index in [9.17, 15) is 38.4 Å². The summed E-state index contributed by atoms with van der Waals surface area (Å²) >= 11 is 0. The number of amides is 5. The fourth-order valence-electron chi connectivity index (χ4n) is 9.50. The van der Waals surface area contributed by atoms with E-state index in [0.29, 0.717) is 24.9 Å². The number of aryl methyl sites for hydroxylation is 1. The Morgan fingerprint density at radius 1 is 0.772 bits per heavy atom. The number of ketones is 3. The first-order chi connectivity index (χ1) is 37.7. The second-order valence-electron chi connectivity index (χ2n) is 21.3. The number of esters is 1. The number of carbonyl (C=O) groups is 8. The number of Topliss-reactive ketones (excluding diaryl/α,β-unsaturated/α-hetero) is 3. The van der Waals surface area contributed by atoms with E-state index in [-0.39, 0.29) is 133 Å². The zero-order valence-corrected chi connectivity index (χ0v) is 47.3. The van der Waals surface area contributed by atoms with Gasteiger partial charge in [-0.3, -0.25) is 28.8 Å². The lowest BCUT2D eigenvalue weighted by atomic mass is 9.88. The Kier molecular flexibility index (Phi) is 24.6. The number of nitrogens with zero attached hydrogens (tertiary/aromatic N) is 4. The number of aromatic nitrogens is 2. The van der Waals surface area contributed by atoms with Crippen LogP contribution in [0.5, 0.6) is 0 Å². The van der Waals surface area contributed by atoms with Crippen LogP contribution in [0.4, 0.5) is 9.59 Å². The van der Waals surface area contributed by atoms with E-state index in [2.05, 4.69) is 45.2 Å². The van der Waals surface area contributed by atoms with E-state index in [4.69, 9.17) is 24.7 Å². The van der Waals surface area contributed by atoms with E-state index in [1.165, 1.54) is 5.01 Å². The van der Waals surface area contributed by atoms with E-state index in [1.807, 2.05) is 60.9 Å². The second-order valence-corrected chi connectivity index (χ2v) is 21.3. The molecule has 0 fully saturated rings. The molecule has 20 nitrogen and oxygen atoms in total. The summed E-state index contributed by atoms with van der Waals surface area (Å²) in [5, 5.41) is 12.2. The van der Waals surface area contributed by atoms with Crippen molar-refractivity contribution in [2.24, 2.45) is 17.6 Å². The number of hydrogen-bond acceptors (Lipinski definition) is 14. The first-order valence-corrected chi connectivity index (χ1v) is 27.5. The minimum atomic E-state index is -0.962. The third-order valence-corrected chi connectivity index (χ3v) is 13.8. The lowest BCUT2D eigenvalue weighted by Gasteiger charge is -2.28. The molecular formula is C59H82N8O12. The van der Waals surface area contributed by atoms with Gasteiger partial charge in [0.2, 0.25) is 11.8 Å². The average Bonchev–Trinajstić information content (AvgIpc) is 4.18. The van der Waals surface area contributed by atoms with E-state index >= 15 is 0 Å². The van der Waals surface area contributed by atoms with E-state index in [0.717, 1.165) is 33.3 Å². The van der Waals surface area contributed by atoms with Crippen LogP contribution in [0.25, 0.3) is 22.2 Å². The average molecular weight is 1100 g/mol. The van der Waals surface area contributed by atoms with Gasteiger partial charge in [0, 0.05) is 101 Å². The number of ether oxygens (including phenoxy) is 4. The maximum Gasteiger partial charge on any atom is 0.424 e. The maximum atomic E-state index is 13.7. The van der Waals surface area contributed by atoms with Crippen molar-refractivity contribution in [2.45, 2.75) is 142 Å². The van der Waals surface area contributed by atoms with Crippen molar-refractivity contribution in [1.29, 1.82) is 0 Å². The SMILES string of the molecule is CCC(=O)[C@H](CCCNC(N)=O)NC(=O)[C@@H](CC(=O)CCOCCOCCCC(=O)[C@H](CCC(=O)OC(C)(C)C)NC(=O)CCn1c(CN(C)N(C)C(=O)OCC2c3ccccc3-c3ccccc32)cc2cccnc21)C(C)C. The Morgan fingerprint density at radius 2 is 1.43 bits per heavy atom. The normalized spacial score (nSPS) is 13.3. The summed E-state index contributed by atoms with van der Waals surface area (Å²) < 4.78 is 24.7. The number of hydrazine groups is 1. The molecule has 5 N–H and O–H groups in total. The zero-order valence-electron chi connectivity index (χ0n) is 47.3. The number of pyridine rings is 1. The highest BCUT2D eigenvalue weighted by Crippen LogP contribution is 2.44. The van der Waals surface area contributed by atoms with Gasteiger partial charge in [-0.25, -0.2) is 24.6 Å². The smallest absolute Gasteiger partial charge is 0.424 e. The van der Waals surface area contributed by atoms with Gasteiger partial charge in [-0.2, -0.15) is 0 Å². The Bertz CT molecular complexity index is 2670. The number of nitrogens with two attached hydrogens (primary N) is 1. The predicted molar refractivity (Wildman–Crippen MR) is 298 cm³/mol. The van der Waals surface area contributed by atoms with Gasteiger partial charge < -0.3 is 45.2 Å². The number of primary amides is 1. The van der Waals surface area contributed by atoms with Gasteiger partial charge in [0.25, 0.3) is 0 Å². The van der Waals surface area contributed by atoms with Crippen LogP contribution in [0.1, 0.15) is 128 Å². The van der Waals surface area contributed by atoms with Crippen molar-refractivity contribution in [3.8, 4) is 11.1 Å². The van der Waals surface area contributed by atoms with Gasteiger partial charge in [0.15, 0.2) is 11.6 Å². The number of benzene rings is 2. The zero-order chi connectivity index (χ0) is 57.6. The highest BCUT2D eigenvalue weighted by molar-refractivity contribution is 5.92. The molecule has 3 atom stereocenters. The summed E-state index contributed by atoms with van der Waals surface area (Å²) in [5.74, 6) is -2.74. The quantitative estimate of drug-likeness (QED) is 0.0205. The summed E-state index contributed by atoms with van der Waals surface area (Å²) in [4.78, 5) is 108. The third-order valence-electron chi connectivity index (χ3n) is 13.8. The molecule has 79 heavy (non-hydrogen) atoms. The topological polar surface area (TPSA) is 260 Å². The lowest BCUT2D eigenvalue weighted by Crippen LogP contribution is -2.45. The Labute approximate surface area is 464 Å². The number of fused-ring (bicyclic) bond motifs is 4. The van der Waals surface area contributed by atoms with Crippen molar-refractivity contribution in [3.05, 3.63) is 89.7 Å². The molecule has 0 radical (unpaired) electrons. The van der Waals surface area contributed by atoms with Gasteiger partial charge in [0.1, 0.15) is 23.6 Å². The molecule has 0 saturated heterocycles. The minimum absolute atomic E-state index is 0.0134. The number of hydrogen-bond donors (Lipinski definition) is 4. The lowest BCUT2D eigenvalue weighted by molar-refractivity contribution is -0.155. The molecule has 0 unspecified atom stereocenters. The summed E-state index contributed by atoms with van der Waals surface area (Å²) in [5.41, 5.74) is 10.3. The van der Waals surface area contributed by atoms with Crippen LogP contribution in [-0.2, 0) is 60.8 Å². The predicted octanol–water partition coefficient (Wildman–Crippen LogP) is 7.18. The molecule has 0 bridgehead atoms. The number of carbonyl (C=O) groups excluding carboxylic acids is 8. The summed E-state index contributed by atoms with van der Waals surface area (Å²) in [7, 11) is 3.42.